The minimum atomic E-state index is -0.496. The van der Waals surface area contributed by atoms with Crippen LogP contribution in [0.5, 0.6) is 0 Å². The fourth-order valence-electron chi connectivity index (χ4n) is 1.60. The van der Waals surface area contributed by atoms with Crippen LogP contribution in [0, 0.1) is 10.1 Å². The number of non-ortho nitro benzene ring substituents is 1. The molecule has 0 saturated carbocycles. The van der Waals surface area contributed by atoms with Crippen molar-refractivity contribution in [2.24, 2.45) is 0 Å². The molecule has 0 bridgehead atoms. The van der Waals surface area contributed by atoms with Crippen LogP contribution in [0.3, 0.4) is 0 Å². The molecule has 0 atom stereocenters. The topological polar surface area (TPSA) is 110 Å². The minimum absolute atomic E-state index is 0.0200. The molecular weight excluding hydrogens is 420 g/mol. The molecule has 0 aliphatic rings. The highest BCUT2D eigenvalue weighted by molar-refractivity contribution is 9.10. The molecule has 0 aliphatic heterocycles. The third-order valence-corrected chi connectivity index (χ3v) is 3.41. The Hall–Kier alpha value is -1.48. The predicted octanol–water partition coefficient (Wildman–Crippen LogP) is 3.37. The van der Waals surface area contributed by atoms with Crippen molar-refractivity contribution in [2.75, 3.05) is 5.73 Å². The van der Waals surface area contributed by atoms with Crippen molar-refractivity contribution in [2.45, 2.75) is 13.2 Å². The van der Waals surface area contributed by atoms with Crippen LogP contribution in [0.25, 0.3) is 0 Å². The Bertz CT molecular complexity index is 645. The van der Waals surface area contributed by atoms with Gasteiger partial charge in [-0.1, -0.05) is 31.9 Å². The first-order chi connectivity index (χ1) is 10.3. The number of nitrogens with zero attached hydrogens (tertiary/aromatic N) is 1. The molecule has 6 nitrogen and oxygen atoms in total. The maximum Gasteiger partial charge on any atom is 0.270 e. The maximum atomic E-state index is 10.3. The zero-order valence-electron chi connectivity index (χ0n) is 11.4. The summed E-state index contributed by atoms with van der Waals surface area (Å²) in [4.78, 5) is 9.83. The summed E-state index contributed by atoms with van der Waals surface area (Å²) in [5, 5.41) is 27.8. The van der Waals surface area contributed by atoms with Crippen molar-refractivity contribution >= 4 is 43.2 Å². The molecule has 0 aromatic heterocycles. The van der Waals surface area contributed by atoms with E-state index in [9.17, 15) is 10.1 Å². The monoisotopic (exact) mass is 432 g/mol. The van der Waals surface area contributed by atoms with E-state index in [0.717, 1.165) is 10.0 Å². The van der Waals surface area contributed by atoms with Gasteiger partial charge in [0.1, 0.15) is 0 Å². The van der Waals surface area contributed by atoms with Crippen LogP contribution < -0.4 is 5.73 Å². The number of aliphatic hydroxyl groups excluding tert-OH is 2. The Morgan fingerprint density at radius 3 is 1.91 bits per heavy atom. The van der Waals surface area contributed by atoms with Gasteiger partial charge in [0.2, 0.25) is 0 Å². The van der Waals surface area contributed by atoms with Crippen LogP contribution in [0.15, 0.2) is 45.3 Å². The largest absolute Gasteiger partial charge is 0.399 e. The highest BCUT2D eigenvalue weighted by Gasteiger charge is 2.07. The summed E-state index contributed by atoms with van der Waals surface area (Å²) >= 11 is 6.37. The molecule has 8 heteroatoms. The van der Waals surface area contributed by atoms with E-state index in [1.165, 1.54) is 12.1 Å². The molecule has 2 aromatic rings. The normalized spacial score (nSPS) is 9.82. The second-order valence-corrected chi connectivity index (χ2v) is 6.12. The molecule has 0 unspecified atom stereocenters. The van der Waals surface area contributed by atoms with Crippen molar-refractivity contribution in [3.8, 4) is 0 Å². The Kier molecular flexibility index (Phi) is 7.46. The Morgan fingerprint density at radius 2 is 1.45 bits per heavy atom. The van der Waals surface area contributed by atoms with Crippen molar-refractivity contribution < 1.29 is 15.1 Å². The summed E-state index contributed by atoms with van der Waals surface area (Å²) in [5.74, 6) is 0. The lowest BCUT2D eigenvalue weighted by molar-refractivity contribution is -0.385. The quantitative estimate of drug-likeness (QED) is 0.390. The number of hydrogen-bond acceptors (Lipinski definition) is 5. The minimum Gasteiger partial charge on any atom is -0.399 e. The van der Waals surface area contributed by atoms with Gasteiger partial charge in [0, 0.05) is 26.8 Å². The first-order valence-electron chi connectivity index (χ1n) is 6.06. The van der Waals surface area contributed by atoms with Crippen LogP contribution >= 0.6 is 31.9 Å². The standard InChI is InChI=1S/C7H6BrNO3.C7H8BrNO/c8-6-1-5(4-10)2-7(3-6)9(11)12;8-6-1-5(4-10)2-7(9)3-6/h1-3,10H,4H2;1-3,10H,4,9H2. The van der Waals surface area contributed by atoms with Crippen LogP contribution in [0.1, 0.15) is 11.1 Å². The Labute approximate surface area is 144 Å². The second-order valence-electron chi connectivity index (χ2n) is 4.28. The van der Waals surface area contributed by atoms with Gasteiger partial charge in [0.25, 0.3) is 5.69 Å². The van der Waals surface area contributed by atoms with Gasteiger partial charge in [-0.3, -0.25) is 10.1 Å². The first-order valence-corrected chi connectivity index (χ1v) is 7.65. The number of rotatable bonds is 3. The molecule has 0 fully saturated rings. The lowest BCUT2D eigenvalue weighted by Crippen LogP contribution is -1.90. The maximum absolute atomic E-state index is 10.3. The summed E-state index contributed by atoms with van der Waals surface area (Å²) in [7, 11) is 0. The van der Waals surface area contributed by atoms with Gasteiger partial charge in [-0.15, -0.1) is 0 Å². The molecule has 118 valence electrons. The summed E-state index contributed by atoms with van der Waals surface area (Å²) in [6.07, 6.45) is 0. The van der Waals surface area contributed by atoms with Crippen molar-refractivity contribution in [3.05, 3.63) is 66.6 Å². The zero-order chi connectivity index (χ0) is 16.7. The summed E-state index contributed by atoms with van der Waals surface area (Å²) < 4.78 is 1.50. The molecule has 22 heavy (non-hydrogen) atoms. The third kappa shape index (κ3) is 6.10. The SMILES string of the molecule is Nc1cc(Br)cc(CO)c1.O=[N+]([O-])c1cc(Br)cc(CO)c1. The van der Waals surface area contributed by atoms with Crippen LogP contribution in [0.2, 0.25) is 0 Å². The van der Waals surface area contributed by atoms with Crippen molar-refractivity contribution in [1.82, 2.24) is 0 Å². The smallest absolute Gasteiger partial charge is 0.270 e. The number of aliphatic hydroxyl groups is 2. The third-order valence-electron chi connectivity index (χ3n) is 2.50. The van der Waals surface area contributed by atoms with Crippen LogP contribution in [-0.2, 0) is 13.2 Å². The van der Waals surface area contributed by atoms with Gasteiger partial charge in [-0.25, -0.2) is 0 Å². The Balaban J connectivity index is 0.000000224. The molecule has 0 aliphatic carbocycles. The number of halogens is 2. The fourth-order valence-corrected chi connectivity index (χ4v) is 2.68. The van der Waals surface area contributed by atoms with Crippen LogP contribution in [-0.4, -0.2) is 15.1 Å². The van der Waals surface area contributed by atoms with E-state index in [-0.39, 0.29) is 18.9 Å². The molecule has 0 spiro atoms. The molecule has 0 heterocycles. The van der Waals surface area contributed by atoms with E-state index in [2.05, 4.69) is 31.9 Å². The second kappa shape index (κ2) is 8.84. The molecule has 2 rings (SSSR count). The van der Waals surface area contributed by atoms with E-state index in [4.69, 9.17) is 15.9 Å². The van der Waals surface area contributed by atoms with E-state index in [0.29, 0.717) is 15.7 Å². The predicted molar refractivity (Wildman–Crippen MR) is 91.2 cm³/mol. The molecule has 2 aromatic carbocycles. The van der Waals surface area contributed by atoms with Gasteiger partial charge in [-0.05, 0) is 35.4 Å². The Morgan fingerprint density at radius 1 is 0.955 bits per heavy atom. The molecule has 0 amide bonds. The van der Waals surface area contributed by atoms with E-state index >= 15 is 0 Å². The number of nitro groups is 1. The van der Waals surface area contributed by atoms with Gasteiger partial charge >= 0.3 is 0 Å². The van der Waals surface area contributed by atoms with E-state index in [1.807, 2.05) is 6.07 Å². The lowest BCUT2D eigenvalue weighted by atomic mass is 10.2. The van der Waals surface area contributed by atoms with E-state index < -0.39 is 4.92 Å². The average molecular weight is 434 g/mol. The highest BCUT2D eigenvalue weighted by Crippen LogP contribution is 2.21. The average Bonchev–Trinajstić information content (AvgIpc) is 2.46. The van der Waals surface area contributed by atoms with Gasteiger partial charge < -0.3 is 15.9 Å². The van der Waals surface area contributed by atoms with Gasteiger partial charge in [0.15, 0.2) is 0 Å². The van der Waals surface area contributed by atoms with E-state index in [1.54, 1.807) is 18.2 Å². The molecule has 0 saturated heterocycles. The molecule has 4 N–H and O–H groups in total. The number of anilines is 1. The molecular formula is C14H14Br2N2O4. The number of nitrogen functional groups attached to an aromatic ring is 1. The zero-order valence-corrected chi connectivity index (χ0v) is 14.5. The van der Waals surface area contributed by atoms with Crippen molar-refractivity contribution in [3.63, 3.8) is 0 Å². The highest BCUT2D eigenvalue weighted by atomic mass is 79.9. The number of hydrogen-bond donors (Lipinski definition) is 3. The lowest BCUT2D eigenvalue weighted by Gasteiger charge is -1.98. The number of nitrogens with two attached hydrogens (primary N) is 1. The fraction of sp³-hybridized carbons (Fsp3) is 0.143. The number of nitro benzene ring substituents is 1. The summed E-state index contributed by atoms with van der Waals surface area (Å²) in [5.41, 5.74) is 7.49. The first kappa shape index (κ1) is 18.6. The van der Waals surface area contributed by atoms with Gasteiger partial charge in [-0.2, -0.15) is 0 Å². The van der Waals surface area contributed by atoms with Gasteiger partial charge in [0.05, 0.1) is 18.1 Å². The number of benzene rings is 2. The molecule has 0 radical (unpaired) electrons. The van der Waals surface area contributed by atoms with Crippen LogP contribution in [0.4, 0.5) is 11.4 Å². The summed E-state index contributed by atoms with van der Waals surface area (Å²) in [6.45, 7) is -0.163. The summed E-state index contributed by atoms with van der Waals surface area (Å²) in [6, 6.07) is 9.72. The van der Waals surface area contributed by atoms with Crippen molar-refractivity contribution in [1.29, 1.82) is 0 Å².